The number of thiazole rings is 1. The summed E-state index contributed by atoms with van der Waals surface area (Å²) in [7, 11) is 4.04. The van der Waals surface area contributed by atoms with Crippen molar-refractivity contribution in [3.05, 3.63) is 27.7 Å². The van der Waals surface area contributed by atoms with Crippen LogP contribution in [0.4, 0.5) is 0 Å². The highest BCUT2D eigenvalue weighted by Crippen LogP contribution is 2.12. The molecule has 2 rings (SSSR count). The van der Waals surface area contributed by atoms with Crippen LogP contribution in [0, 0.1) is 13.8 Å². The van der Waals surface area contributed by atoms with Crippen LogP contribution in [0.25, 0.3) is 0 Å². The Hall–Kier alpha value is -1.61. The third-order valence-electron chi connectivity index (χ3n) is 4.05. The molecule has 0 amide bonds. The molecule has 0 aliphatic rings. The van der Waals surface area contributed by atoms with Crippen molar-refractivity contribution >= 4 is 29.1 Å². The summed E-state index contributed by atoms with van der Waals surface area (Å²) in [6.07, 6.45) is 6.10. The first kappa shape index (κ1) is 20.7. The van der Waals surface area contributed by atoms with Crippen LogP contribution in [-0.4, -0.2) is 62.8 Å². The molecule has 0 aliphatic heterocycles. The van der Waals surface area contributed by atoms with Crippen molar-refractivity contribution in [2.75, 3.05) is 32.1 Å². The van der Waals surface area contributed by atoms with E-state index in [1.54, 1.807) is 11.3 Å². The Bertz CT molecular complexity index is 708. The Morgan fingerprint density at radius 3 is 2.81 bits per heavy atom. The van der Waals surface area contributed by atoms with Gasteiger partial charge in [0.1, 0.15) is 12.4 Å². The molecule has 0 unspecified atom stereocenters. The fourth-order valence-corrected chi connectivity index (χ4v) is 3.56. The summed E-state index contributed by atoms with van der Waals surface area (Å²) in [5.41, 5.74) is 0. The van der Waals surface area contributed by atoms with Gasteiger partial charge in [-0.2, -0.15) is 11.8 Å². The third kappa shape index (κ3) is 6.28. The molecule has 0 spiro atoms. The second-order valence-corrected chi connectivity index (χ2v) is 8.48. The Balaban J connectivity index is 1.98. The number of aliphatic imine (C=N–C) groups is 1. The molecule has 0 aliphatic carbocycles. The number of hydrogen-bond acceptors (Lipinski definition) is 6. The van der Waals surface area contributed by atoms with E-state index >= 15 is 0 Å². The lowest BCUT2D eigenvalue weighted by Gasteiger charge is -2.22. The van der Waals surface area contributed by atoms with Gasteiger partial charge in [-0.15, -0.1) is 21.5 Å². The number of guanidine groups is 1. The quantitative estimate of drug-likeness (QED) is 0.399. The van der Waals surface area contributed by atoms with Gasteiger partial charge in [-0.3, -0.25) is 0 Å². The van der Waals surface area contributed by atoms with Crippen LogP contribution < -0.4 is 5.32 Å². The standard InChI is InChI=1S/C17H29N7S2/c1-13-11-19-16(26-13)7-9-23(3)17(18-8-6-10-25-5)20-12-15-22-21-14(2)24(15)4/h11H,6-10,12H2,1-5H3,(H,18,20). The van der Waals surface area contributed by atoms with E-state index in [2.05, 4.69) is 45.6 Å². The van der Waals surface area contributed by atoms with Crippen LogP contribution in [0.1, 0.15) is 28.0 Å². The summed E-state index contributed by atoms with van der Waals surface area (Å²) >= 11 is 3.62. The van der Waals surface area contributed by atoms with Crippen molar-refractivity contribution < 1.29 is 0 Å². The zero-order valence-corrected chi connectivity index (χ0v) is 18.0. The summed E-state index contributed by atoms with van der Waals surface area (Å²) in [6.45, 7) is 6.35. The van der Waals surface area contributed by atoms with Crippen molar-refractivity contribution in [3.8, 4) is 0 Å². The number of nitrogens with zero attached hydrogens (tertiary/aromatic N) is 6. The predicted molar refractivity (Wildman–Crippen MR) is 111 cm³/mol. The van der Waals surface area contributed by atoms with E-state index in [4.69, 9.17) is 4.99 Å². The van der Waals surface area contributed by atoms with Gasteiger partial charge in [0.2, 0.25) is 0 Å². The molecule has 7 nitrogen and oxygen atoms in total. The van der Waals surface area contributed by atoms with E-state index in [1.807, 2.05) is 36.5 Å². The molecule has 144 valence electrons. The van der Waals surface area contributed by atoms with E-state index < -0.39 is 0 Å². The molecule has 0 saturated heterocycles. The SMILES string of the molecule is CSCCCNC(=NCc1nnc(C)n1C)N(C)CCc1ncc(C)s1. The number of likely N-dealkylation sites (N-methyl/N-ethyl adjacent to an activating group) is 1. The lowest BCUT2D eigenvalue weighted by molar-refractivity contribution is 0.481. The van der Waals surface area contributed by atoms with Crippen molar-refractivity contribution in [2.24, 2.45) is 12.0 Å². The molecular formula is C17H29N7S2. The van der Waals surface area contributed by atoms with Crippen molar-refractivity contribution in [3.63, 3.8) is 0 Å². The van der Waals surface area contributed by atoms with Gasteiger partial charge in [-0.25, -0.2) is 9.98 Å². The zero-order chi connectivity index (χ0) is 18.9. The Kier molecular flexibility index (Phi) is 8.37. The van der Waals surface area contributed by atoms with E-state index in [1.165, 1.54) is 9.88 Å². The first-order valence-electron chi connectivity index (χ1n) is 8.75. The van der Waals surface area contributed by atoms with Crippen LogP contribution in [0.5, 0.6) is 0 Å². The molecule has 9 heteroatoms. The van der Waals surface area contributed by atoms with E-state index in [0.29, 0.717) is 6.54 Å². The Labute approximate surface area is 164 Å². The molecule has 2 aromatic rings. The molecule has 0 saturated carbocycles. The highest BCUT2D eigenvalue weighted by atomic mass is 32.2. The van der Waals surface area contributed by atoms with Gasteiger partial charge in [0.15, 0.2) is 11.8 Å². The first-order valence-corrected chi connectivity index (χ1v) is 11.0. The topological polar surface area (TPSA) is 71.2 Å². The number of nitrogens with one attached hydrogen (secondary N) is 1. The highest BCUT2D eigenvalue weighted by Gasteiger charge is 2.10. The Morgan fingerprint density at radius 1 is 1.38 bits per heavy atom. The lowest BCUT2D eigenvalue weighted by atomic mass is 10.4. The van der Waals surface area contributed by atoms with Crippen molar-refractivity contribution in [1.82, 2.24) is 30.0 Å². The van der Waals surface area contributed by atoms with Crippen molar-refractivity contribution in [1.29, 1.82) is 0 Å². The van der Waals surface area contributed by atoms with Gasteiger partial charge < -0.3 is 14.8 Å². The molecule has 0 bridgehead atoms. The van der Waals surface area contributed by atoms with Gasteiger partial charge in [-0.1, -0.05) is 0 Å². The highest BCUT2D eigenvalue weighted by molar-refractivity contribution is 7.98. The number of hydrogen-bond donors (Lipinski definition) is 1. The zero-order valence-electron chi connectivity index (χ0n) is 16.3. The van der Waals surface area contributed by atoms with Crippen LogP contribution in [0.3, 0.4) is 0 Å². The summed E-state index contributed by atoms with van der Waals surface area (Å²) < 4.78 is 1.98. The second-order valence-electron chi connectivity index (χ2n) is 6.17. The fraction of sp³-hybridized carbons (Fsp3) is 0.647. The Morgan fingerprint density at radius 2 is 2.19 bits per heavy atom. The summed E-state index contributed by atoms with van der Waals surface area (Å²) in [5.74, 6) is 3.82. The van der Waals surface area contributed by atoms with Gasteiger partial charge in [-0.05, 0) is 32.3 Å². The molecule has 0 atom stereocenters. The second kappa shape index (κ2) is 10.5. The normalized spacial score (nSPS) is 11.8. The minimum atomic E-state index is 0.517. The molecule has 26 heavy (non-hydrogen) atoms. The van der Waals surface area contributed by atoms with Crippen LogP contribution in [0.15, 0.2) is 11.2 Å². The predicted octanol–water partition coefficient (Wildman–Crippen LogP) is 2.26. The maximum absolute atomic E-state index is 4.77. The molecule has 2 heterocycles. The average molecular weight is 396 g/mol. The maximum Gasteiger partial charge on any atom is 0.194 e. The molecular weight excluding hydrogens is 366 g/mol. The number of rotatable bonds is 9. The molecule has 1 N–H and O–H groups in total. The summed E-state index contributed by atoms with van der Waals surface area (Å²) in [4.78, 5) is 12.6. The van der Waals surface area contributed by atoms with Gasteiger partial charge in [0.05, 0.1) is 5.01 Å². The van der Waals surface area contributed by atoms with E-state index in [-0.39, 0.29) is 0 Å². The van der Waals surface area contributed by atoms with E-state index in [9.17, 15) is 0 Å². The van der Waals surface area contributed by atoms with Gasteiger partial charge >= 0.3 is 0 Å². The number of thioether (sulfide) groups is 1. The third-order valence-corrected chi connectivity index (χ3v) is 5.72. The van der Waals surface area contributed by atoms with Gasteiger partial charge in [0, 0.05) is 44.7 Å². The monoisotopic (exact) mass is 395 g/mol. The molecule has 0 radical (unpaired) electrons. The minimum absolute atomic E-state index is 0.517. The lowest BCUT2D eigenvalue weighted by Crippen LogP contribution is -2.40. The minimum Gasteiger partial charge on any atom is -0.356 e. The summed E-state index contributed by atoms with van der Waals surface area (Å²) in [6, 6.07) is 0. The molecule has 2 aromatic heterocycles. The van der Waals surface area contributed by atoms with Crippen molar-refractivity contribution in [2.45, 2.75) is 33.2 Å². The largest absolute Gasteiger partial charge is 0.356 e. The molecule has 0 aromatic carbocycles. The van der Waals surface area contributed by atoms with Crippen LogP contribution in [-0.2, 0) is 20.0 Å². The summed E-state index contributed by atoms with van der Waals surface area (Å²) in [5, 5.41) is 13.0. The first-order chi connectivity index (χ1) is 12.5. The van der Waals surface area contributed by atoms with Crippen LogP contribution in [0.2, 0.25) is 0 Å². The van der Waals surface area contributed by atoms with Gasteiger partial charge in [0.25, 0.3) is 0 Å². The number of aryl methyl sites for hydroxylation is 2. The average Bonchev–Trinajstić information content (AvgIpc) is 3.18. The maximum atomic E-state index is 4.77. The molecule has 0 fully saturated rings. The fourth-order valence-electron chi connectivity index (χ4n) is 2.35. The van der Waals surface area contributed by atoms with E-state index in [0.717, 1.165) is 49.3 Å². The smallest absolute Gasteiger partial charge is 0.194 e. The van der Waals surface area contributed by atoms with Crippen LogP contribution >= 0.6 is 23.1 Å². The number of aromatic nitrogens is 4.